The van der Waals surface area contributed by atoms with E-state index in [1.165, 1.54) is 0 Å². The third-order valence-electron chi connectivity index (χ3n) is 3.86. The Morgan fingerprint density at radius 3 is 2.76 bits per heavy atom. The zero-order valence-electron chi connectivity index (χ0n) is 14.8. The van der Waals surface area contributed by atoms with Crippen molar-refractivity contribution >= 4 is 34.1 Å². The zero-order chi connectivity index (χ0) is 17.9. The van der Waals surface area contributed by atoms with Gasteiger partial charge in [0.05, 0.1) is 17.4 Å². The van der Waals surface area contributed by atoms with E-state index in [2.05, 4.69) is 22.6 Å². The van der Waals surface area contributed by atoms with Crippen LogP contribution in [0.3, 0.4) is 0 Å². The molecule has 0 N–H and O–H groups in total. The van der Waals surface area contributed by atoms with E-state index in [1.807, 2.05) is 63.3 Å². The van der Waals surface area contributed by atoms with Crippen molar-refractivity contribution in [1.29, 1.82) is 0 Å². The first-order valence-corrected chi connectivity index (χ1v) is 9.44. The molecule has 0 saturated carbocycles. The third-order valence-corrected chi connectivity index (χ3v) is 5.21. The molecule has 1 atom stereocenters. The molecule has 25 heavy (non-hydrogen) atoms. The minimum absolute atomic E-state index is 0.381. The molecule has 0 fully saturated rings. The molecule has 1 unspecified atom stereocenters. The Bertz CT molecular complexity index is 888. The molecule has 4 heteroatoms. The Morgan fingerprint density at radius 2 is 1.96 bits per heavy atom. The number of nitrogens with zero attached hydrogens (tertiary/aromatic N) is 2. The second-order valence-corrected chi connectivity index (χ2v) is 8.86. The van der Waals surface area contributed by atoms with Gasteiger partial charge in [-0.2, -0.15) is 0 Å². The highest BCUT2D eigenvalue weighted by atomic mass is 32.2. The van der Waals surface area contributed by atoms with Crippen molar-refractivity contribution in [1.82, 2.24) is 4.98 Å². The van der Waals surface area contributed by atoms with E-state index >= 15 is 0 Å². The number of para-hydroxylation sites is 1. The average molecular weight is 350 g/mol. The smallest absolute Gasteiger partial charge is 0.144 e. The highest BCUT2D eigenvalue weighted by Crippen LogP contribution is 2.26. The maximum Gasteiger partial charge on any atom is 0.144 e. The fourth-order valence-corrected chi connectivity index (χ4v) is 3.03. The maximum absolute atomic E-state index is 12.3. The monoisotopic (exact) mass is 350 g/mol. The second-order valence-electron chi connectivity index (χ2n) is 6.92. The molecule has 128 valence electrons. The molecule has 2 aromatic rings. The molecular formula is C21H22N2OS. The number of hydrogen-bond donors (Lipinski definition) is 0. The SMILES string of the molecule is CC(C)(C)[S+]([O-])N=Cc1cc2ccccc2nc1C1=CC=CC=CC1. The van der Waals surface area contributed by atoms with Crippen LogP contribution in [0, 0.1) is 0 Å². The molecular weight excluding hydrogens is 328 g/mol. The van der Waals surface area contributed by atoms with E-state index in [1.54, 1.807) is 6.21 Å². The summed E-state index contributed by atoms with van der Waals surface area (Å²) in [6.07, 6.45) is 12.8. The molecule has 1 aliphatic carbocycles. The van der Waals surface area contributed by atoms with Gasteiger partial charge in [0.2, 0.25) is 0 Å². The van der Waals surface area contributed by atoms with Gasteiger partial charge in [0, 0.05) is 10.9 Å². The average Bonchev–Trinajstić information content (AvgIpc) is 2.87. The normalized spacial score (nSPS) is 16.2. The standard InChI is InChI=1S/C21H22N2OS/c1-21(2,3)25(24)22-15-18-14-17-12-8-9-13-19(17)23-20(18)16-10-6-4-5-7-11-16/h4-10,12-15H,11H2,1-3H3. The number of aromatic nitrogens is 1. The molecule has 3 nitrogen and oxygen atoms in total. The number of rotatable bonds is 3. The van der Waals surface area contributed by atoms with Crippen molar-refractivity contribution < 1.29 is 4.55 Å². The lowest BCUT2D eigenvalue weighted by molar-refractivity contribution is 0.562. The molecule has 1 aromatic carbocycles. The fraction of sp³-hybridized carbons (Fsp3) is 0.238. The summed E-state index contributed by atoms with van der Waals surface area (Å²) in [6.45, 7) is 5.76. The Morgan fingerprint density at radius 1 is 1.16 bits per heavy atom. The first-order chi connectivity index (χ1) is 11.9. The first-order valence-electron chi connectivity index (χ1n) is 8.34. The summed E-state index contributed by atoms with van der Waals surface area (Å²) in [7, 11) is 0. The molecule has 0 aliphatic heterocycles. The molecule has 1 heterocycles. The van der Waals surface area contributed by atoms with Crippen molar-refractivity contribution in [3.63, 3.8) is 0 Å². The molecule has 0 bridgehead atoms. The Hall–Kier alpha value is -2.17. The lowest BCUT2D eigenvalue weighted by atomic mass is 10.0. The van der Waals surface area contributed by atoms with Gasteiger partial charge in [0.15, 0.2) is 0 Å². The van der Waals surface area contributed by atoms with Crippen LogP contribution in [0.25, 0.3) is 16.5 Å². The van der Waals surface area contributed by atoms with Crippen LogP contribution in [-0.2, 0) is 11.4 Å². The summed E-state index contributed by atoms with van der Waals surface area (Å²) in [5.41, 5.74) is 3.86. The Balaban J connectivity index is 2.10. The van der Waals surface area contributed by atoms with E-state index in [4.69, 9.17) is 4.98 Å². The topological polar surface area (TPSA) is 48.3 Å². The van der Waals surface area contributed by atoms with Crippen LogP contribution in [0.4, 0.5) is 0 Å². The van der Waals surface area contributed by atoms with Crippen LogP contribution >= 0.6 is 0 Å². The van der Waals surface area contributed by atoms with E-state index in [0.29, 0.717) is 0 Å². The molecule has 0 radical (unpaired) electrons. The molecule has 3 rings (SSSR count). The summed E-state index contributed by atoms with van der Waals surface area (Å²) in [6, 6.07) is 10.1. The van der Waals surface area contributed by atoms with Gasteiger partial charge in [-0.25, -0.2) is 4.98 Å². The lowest BCUT2D eigenvalue weighted by Gasteiger charge is -2.18. The van der Waals surface area contributed by atoms with Crippen LogP contribution in [0.5, 0.6) is 0 Å². The quantitative estimate of drug-likeness (QED) is 0.577. The number of allylic oxidation sites excluding steroid dienone is 6. The number of hydrogen-bond acceptors (Lipinski definition) is 3. The van der Waals surface area contributed by atoms with Gasteiger partial charge in [-0.1, -0.05) is 53.0 Å². The molecule has 0 amide bonds. The first kappa shape index (κ1) is 17.6. The van der Waals surface area contributed by atoms with Crippen molar-refractivity contribution in [2.45, 2.75) is 31.9 Å². The van der Waals surface area contributed by atoms with Gasteiger partial charge in [-0.15, -0.1) is 0 Å². The number of fused-ring (bicyclic) bond motifs is 1. The molecule has 0 spiro atoms. The highest BCUT2D eigenvalue weighted by Gasteiger charge is 2.26. The summed E-state index contributed by atoms with van der Waals surface area (Å²) in [4.78, 5) is 4.85. The molecule has 1 aromatic heterocycles. The van der Waals surface area contributed by atoms with E-state index in [0.717, 1.165) is 34.2 Å². The zero-order valence-corrected chi connectivity index (χ0v) is 15.6. The summed E-state index contributed by atoms with van der Waals surface area (Å²) >= 11 is -1.29. The van der Waals surface area contributed by atoms with Crippen LogP contribution in [0.15, 0.2) is 65.1 Å². The summed E-state index contributed by atoms with van der Waals surface area (Å²) in [5.74, 6) is 0. The van der Waals surface area contributed by atoms with Crippen molar-refractivity contribution in [3.8, 4) is 0 Å². The van der Waals surface area contributed by atoms with Crippen molar-refractivity contribution in [2.75, 3.05) is 0 Å². The van der Waals surface area contributed by atoms with Gasteiger partial charge in [-0.05, 0) is 44.9 Å². The van der Waals surface area contributed by atoms with Crippen molar-refractivity contribution in [3.05, 3.63) is 72.0 Å². The van der Waals surface area contributed by atoms with Crippen LogP contribution in [0.1, 0.15) is 38.4 Å². The fourth-order valence-electron chi connectivity index (χ4n) is 2.50. The summed E-state index contributed by atoms with van der Waals surface area (Å²) in [5, 5.41) is 1.05. The Labute approximate surface area is 152 Å². The van der Waals surface area contributed by atoms with Gasteiger partial charge in [0.25, 0.3) is 0 Å². The lowest BCUT2D eigenvalue weighted by Crippen LogP contribution is -2.25. The number of benzene rings is 1. The highest BCUT2D eigenvalue weighted by molar-refractivity contribution is 7.91. The third kappa shape index (κ3) is 4.27. The number of pyridine rings is 1. The van der Waals surface area contributed by atoms with Gasteiger partial charge < -0.3 is 4.55 Å². The minimum Gasteiger partial charge on any atom is -0.591 e. The minimum atomic E-state index is -1.29. The van der Waals surface area contributed by atoms with Crippen LogP contribution in [-0.4, -0.2) is 20.5 Å². The van der Waals surface area contributed by atoms with Gasteiger partial charge >= 0.3 is 0 Å². The van der Waals surface area contributed by atoms with E-state index < -0.39 is 11.4 Å². The van der Waals surface area contributed by atoms with Crippen molar-refractivity contribution in [2.24, 2.45) is 4.40 Å². The second kappa shape index (κ2) is 7.38. The van der Waals surface area contributed by atoms with Crippen LogP contribution < -0.4 is 0 Å². The van der Waals surface area contributed by atoms with E-state index in [-0.39, 0.29) is 4.75 Å². The largest absolute Gasteiger partial charge is 0.591 e. The van der Waals surface area contributed by atoms with Crippen LogP contribution in [0.2, 0.25) is 0 Å². The van der Waals surface area contributed by atoms with Gasteiger partial charge in [-0.3, -0.25) is 0 Å². The van der Waals surface area contributed by atoms with E-state index in [9.17, 15) is 4.55 Å². The predicted octanol–water partition coefficient (Wildman–Crippen LogP) is 5.02. The predicted molar refractivity (Wildman–Crippen MR) is 108 cm³/mol. The van der Waals surface area contributed by atoms with Gasteiger partial charge in [0.1, 0.15) is 16.1 Å². The summed E-state index contributed by atoms with van der Waals surface area (Å²) < 4.78 is 16.2. The molecule has 0 saturated heterocycles. The Kier molecular flexibility index (Phi) is 5.21. The maximum atomic E-state index is 12.3. The molecule has 1 aliphatic rings.